The Morgan fingerprint density at radius 2 is 2.11 bits per heavy atom. The molecule has 7 heteroatoms. The average molecular weight is 317 g/mol. The number of carbonyl (C=O) groups excluding carboxylic acids is 1. The van der Waals surface area contributed by atoms with Crippen molar-refractivity contribution in [3.8, 4) is 0 Å². The van der Waals surface area contributed by atoms with Crippen LogP contribution in [0.2, 0.25) is 0 Å². The molecule has 1 rings (SSSR count). The van der Waals surface area contributed by atoms with E-state index in [-0.39, 0.29) is 17.8 Å². The molecule has 0 spiro atoms. The van der Waals surface area contributed by atoms with Crippen LogP contribution >= 0.6 is 15.9 Å². The molecule has 5 nitrogen and oxygen atoms in total. The second-order valence-corrected chi connectivity index (χ2v) is 4.45. The van der Waals surface area contributed by atoms with Crippen LogP contribution in [0.4, 0.5) is 14.9 Å². The number of carboxylic acid groups (broad SMARTS) is 1. The first-order valence-corrected chi connectivity index (χ1v) is 5.60. The Morgan fingerprint density at radius 3 is 2.67 bits per heavy atom. The van der Waals surface area contributed by atoms with Crippen molar-refractivity contribution < 1.29 is 19.1 Å². The molecule has 0 fully saturated rings. The van der Waals surface area contributed by atoms with Gasteiger partial charge in [-0.25, -0.2) is 14.0 Å². The van der Waals surface area contributed by atoms with Gasteiger partial charge in [0.05, 0.1) is 17.8 Å². The molecular weight excluding hydrogens is 307 g/mol. The zero-order chi connectivity index (χ0) is 13.7. The molecule has 1 aromatic carbocycles. The van der Waals surface area contributed by atoms with Crippen molar-refractivity contribution in [3.05, 3.63) is 40.6 Å². The minimum Gasteiger partial charge on any atom is -0.478 e. The maximum absolute atomic E-state index is 13.3. The van der Waals surface area contributed by atoms with E-state index < -0.39 is 17.8 Å². The fraction of sp³-hybridized carbons (Fsp3) is 0.0909. The maximum Gasteiger partial charge on any atom is 0.335 e. The number of carbonyl (C=O) groups is 2. The van der Waals surface area contributed by atoms with Crippen molar-refractivity contribution in [1.82, 2.24) is 5.32 Å². The maximum atomic E-state index is 13.3. The number of halogens is 2. The molecule has 96 valence electrons. The first-order valence-electron chi connectivity index (χ1n) is 4.81. The van der Waals surface area contributed by atoms with E-state index in [2.05, 4.69) is 33.1 Å². The van der Waals surface area contributed by atoms with Gasteiger partial charge in [0.15, 0.2) is 0 Å². The summed E-state index contributed by atoms with van der Waals surface area (Å²) in [5.74, 6) is -1.92. The molecular formula is C11H10BrFN2O3. The number of anilines is 1. The molecule has 18 heavy (non-hydrogen) atoms. The van der Waals surface area contributed by atoms with E-state index in [1.807, 2.05) is 0 Å². The molecule has 2 amide bonds. The fourth-order valence-electron chi connectivity index (χ4n) is 1.10. The first kappa shape index (κ1) is 14.2. The Bertz CT molecular complexity index is 505. The highest BCUT2D eigenvalue weighted by atomic mass is 79.9. The van der Waals surface area contributed by atoms with Gasteiger partial charge in [0.2, 0.25) is 0 Å². The van der Waals surface area contributed by atoms with Crippen LogP contribution in [0.3, 0.4) is 0 Å². The van der Waals surface area contributed by atoms with Crippen LogP contribution in [0.25, 0.3) is 0 Å². The lowest BCUT2D eigenvalue weighted by atomic mass is 10.2. The van der Waals surface area contributed by atoms with Crippen molar-refractivity contribution in [2.24, 2.45) is 0 Å². The summed E-state index contributed by atoms with van der Waals surface area (Å²) in [5.41, 5.74) is -0.316. The molecule has 1 aromatic rings. The lowest BCUT2D eigenvalue weighted by molar-refractivity contribution is 0.0697. The smallest absolute Gasteiger partial charge is 0.335 e. The lowest BCUT2D eigenvalue weighted by Gasteiger charge is -2.08. The largest absolute Gasteiger partial charge is 0.478 e. The Kier molecular flexibility index (Phi) is 4.85. The van der Waals surface area contributed by atoms with Gasteiger partial charge in [-0.2, -0.15) is 0 Å². The van der Waals surface area contributed by atoms with Gasteiger partial charge in [-0.1, -0.05) is 22.5 Å². The minimum atomic E-state index is -1.20. The van der Waals surface area contributed by atoms with Crippen LogP contribution in [0.1, 0.15) is 10.4 Å². The molecule has 0 aliphatic carbocycles. The lowest BCUT2D eigenvalue weighted by Crippen LogP contribution is -2.29. The van der Waals surface area contributed by atoms with Gasteiger partial charge in [0.25, 0.3) is 0 Å². The van der Waals surface area contributed by atoms with Gasteiger partial charge in [-0.15, -0.1) is 0 Å². The second kappa shape index (κ2) is 6.15. The molecule has 0 radical (unpaired) electrons. The van der Waals surface area contributed by atoms with Gasteiger partial charge < -0.3 is 15.7 Å². The van der Waals surface area contributed by atoms with Gasteiger partial charge in [-0.3, -0.25) is 0 Å². The van der Waals surface area contributed by atoms with Gasteiger partial charge >= 0.3 is 12.0 Å². The molecule has 0 unspecified atom stereocenters. The molecule has 0 aromatic heterocycles. The normalized spacial score (nSPS) is 9.67. The molecule has 0 saturated carbocycles. The third-order valence-corrected chi connectivity index (χ3v) is 2.18. The van der Waals surface area contributed by atoms with Crippen LogP contribution in [0, 0.1) is 5.82 Å². The van der Waals surface area contributed by atoms with Gasteiger partial charge in [0, 0.05) is 4.48 Å². The number of urea groups is 1. The number of benzene rings is 1. The standard InChI is InChI=1S/C11H10BrFN2O3/c1-6(12)5-14-11(18)15-9-4-7(10(16)17)2-3-8(9)13/h2-4H,1,5H2,(H,16,17)(H2,14,15,18). The van der Waals surface area contributed by atoms with Crippen molar-refractivity contribution in [3.63, 3.8) is 0 Å². The number of hydrogen-bond donors (Lipinski definition) is 3. The third-order valence-electron chi connectivity index (χ3n) is 1.90. The Hall–Kier alpha value is -1.89. The Labute approximate surface area is 111 Å². The molecule has 0 bridgehead atoms. The summed E-state index contributed by atoms with van der Waals surface area (Å²) in [6, 6.07) is 2.47. The predicted octanol–water partition coefficient (Wildman–Crippen LogP) is 2.55. The summed E-state index contributed by atoms with van der Waals surface area (Å²) in [6.45, 7) is 3.68. The summed E-state index contributed by atoms with van der Waals surface area (Å²) in [6.07, 6.45) is 0. The van der Waals surface area contributed by atoms with Crippen LogP contribution < -0.4 is 10.6 Å². The number of aromatic carboxylic acids is 1. The van der Waals surface area contributed by atoms with E-state index >= 15 is 0 Å². The van der Waals surface area contributed by atoms with Crippen molar-refractivity contribution in [2.45, 2.75) is 0 Å². The molecule has 0 saturated heterocycles. The second-order valence-electron chi connectivity index (χ2n) is 3.32. The van der Waals surface area contributed by atoms with Crippen LogP contribution in [0.5, 0.6) is 0 Å². The summed E-state index contributed by atoms with van der Waals surface area (Å²) >= 11 is 3.04. The van der Waals surface area contributed by atoms with E-state index in [0.717, 1.165) is 18.2 Å². The van der Waals surface area contributed by atoms with Crippen molar-refractivity contribution >= 4 is 33.6 Å². The highest BCUT2D eigenvalue weighted by Crippen LogP contribution is 2.16. The van der Waals surface area contributed by atoms with Gasteiger partial charge in [0.1, 0.15) is 5.82 Å². The highest BCUT2D eigenvalue weighted by molar-refractivity contribution is 9.11. The fourth-order valence-corrected chi connectivity index (χ4v) is 1.24. The number of amides is 2. The summed E-state index contributed by atoms with van der Waals surface area (Å²) in [5, 5.41) is 13.3. The molecule has 0 aliphatic rings. The number of nitrogens with one attached hydrogen (secondary N) is 2. The molecule has 3 N–H and O–H groups in total. The Balaban J connectivity index is 2.77. The zero-order valence-corrected chi connectivity index (χ0v) is 10.8. The van der Waals surface area contributed by atoms with Crippen LogP contribution in [0.15, 0.2) is 29.3 Å². The van der Waals surface area contributed by atoms with E-state index in [9.17, 15) is 14.0 Å². The number of carboxylic acids is 1. The molecule has 0 aliphatic heterocycles. The Morgan fingerprint density at radius 1 is 1.44 bits per heavy atom. The van der Waals surface area contributed by atoms with Crippen molar-refractivity contribution in [2.75, 3.05) is 11.9 Å². The topological polar surface area (TPSA) is 78.4 Å². The summed E-state index contributed by atoms with van der Waals surface area (Å²) in [4.78, 5) is 22.0. The molecule has 0 heterocycles. The molecule has 0 atom stereocenters. The number of hydrogen-bond acceptors (Lipinski definition) is 2. The SMILES string of the molecule is C=C(Br)CNC(=O)Nc1cc(C(=O)O)ccc1F. The van der Waals surface area contributed by atoms with Gasteiger partial charge in [-0.05, 0) is 18.2 Å². The monoisotopic (exact) mass is 316 g/mol. The number of rotatable bonds is 4. The minimum absolute atomic E-state index is 0.114. The first-order chi connectivity index (χ1) is 8.40. The van der Waals surface area contributed by atoms with Crippen LogP contribution in [-0.2, 0) is 0 Å². The van der Waals surface area contributed by atoms with E-state index in [1.54, 1.807) is 0 Å². The predicted molar refractivity (Wildman–Crippen MR) is 68.4 cm³/mol. The van der Waals surface area contributed by atoms with E-state index in [4.69, 9.17) is 5.11 Å². The van der Waals surface area contributed by atoms with Crippen LogP contribution in [-0.4, -0.2) is 23.7 Å². The third kappa shape index (κ3) is 4.17. The van der Waals surface area contributed by atoms with Crippen molar-refractivity contribution in [1.29, 1.82) is 0 Å². The zero-order valence-electron chi connectivity index (χ0n) is 9.17. The quantitative estimate of drug-likeness (QED) is 0.798. The van der Waals surface area contributed by atoms with E-state index in [1.165, 1.54) is 0 Å². The average Bonchev–Trinajstić information content (AvgIpc) is 2.29. The summed E-state index contributed by atoms with van der Waals surface area (Å²) in [7, 11) is 0. The van der Waals surface area contributed by atoms with E-state index in [0.29, 0.717) is 4.48 Å². The highest BCUT2D eigenvalue weighted by Gasteiger charge is 2.10. The summed E-state index contributed by atoms with van der Waals surface area (Å²) < 4.78 is 13.9.